The standard InChI is InChI=1S/C31H19N3O3/c35-34(36)27-14-8-7-13-23(27)21-15-16-24-25-18-26-30(37-31(32-26)20-9-3-1-4-10-20)19-29(25)33(28(24)17-21)22-11-5-2-6-12-22/h1-19H. The number of hydrogen-bond donors (Lipinski definition) is 0. The summed E-state index contributed by atoms with van der Waals surface area (Å²) in [4.78, 5) is 16.1. The maximum atomic E-state index is 11.7. The van der Waals surface area contributed by atoms with Gasteiger partial charge < -0.3 is 8.98 Å². The second-order valence-electron chi connectivity index (χ2n) is 8.90. The predicted octanol–water partition coefficient (Wildman–Crippen LogP) is 8.17. The Labute approximate surface area is 211 Å². The van der Waals surface area contributed by atoms with Gasteiger partial charge in [0.15, 0.2) is 5.58 Å². The molecular formula is C31H19N3O3. The van der Waals surface area contributed by atoms with Crippen LogP contribution in [0.15, 0.2) is 120 Å². The van der Waals surface area contributed by atoms with Crippen molar-refractivity contribution in [3.63, 3.8) is 0 Å². The van der Waals surface area contributed by atoms with Crippen LogP contribution in [0.3, 0.4) is 0 Å². The maximum Gasteiger partial charge on any atom is 0.277 e. The molecule has 7 rings (SSSR count). The van der Waals surface area contributed by atoms with E-state index in [1.165, 1.54) is 6.07 Å². The first-order valence-corrected chi connectivity index (χ1v) is 11.9. The van der Waals surface area contributed by atoms with Crippen LogP contribution >= 0.6 is 0 Å². The zero-order chi connectivity index (χ0) is 24.9. The van der Waals surface area contributed by atoms with E-state index in [4.69, 9.17) is 9.40 Å². The molecule has 0 radical (unpaired) electrons. The fourth-order valence-corrected chi connectivity index (χ4v) is 5.04. The van der Waals surface area contributed by atoms with Crippen molar-refractivity contribution in [1.29, 1.82) is 0 Å². The summed E-state index contributed by atoms with van der Waals surface area (Å²) in [5, 5.41) is 13.8. The summed E-state index contributed by atoms with van der Waals surface area (Å²) >= 11 is 0. The fraction of sp³-hybridized carbons (Fsp3) is 0. The lowest BCUT2D eigenvalue weighted by Crippen LogP contribution is -1.94. The van der Waals surface area contributed by atoms with Crippen LogP contribution in [-0.2, 0) is 0 Å². The molecule has 2 aromatic heterocycles. The molecule has 6 nitrogen and oxygen atoms in total. The molecule has 0 saturated heterocycles. The quantitative estimate of drug-likeness (QED) is 0.188. The van der Waals surface area contributed by atoms with E-state index in [1.807, 2.05) is 78.9 Å². The number of rotatable bonds is 4. The highest BCUT2D eigenvalue weighted by atomic mass is 16.6. The van der Waals surface area contributed by atoms with Gasteiger partial charge in [0.05, 0.1) is 21.5 Å². The summed E-state index contributed by atoms with van der Waals surface area (Å²) in [6.07, 6.45) is 0. The van der Waals surface area contributed by atoms with Gasteiger partial charge in [0.1, 0.15) is 5.52 Å². The van der Waals surface area contributed by atoms with Gasteiger partial charge in [-0.2, -0.15) is 0 Å². The van der Waals surface area contributed by atoms with Crippen LogP contribution in [-0.4, -0.2) is 14.5 Å². The molecule has 0 saturated carbocycles. The van der Waals surface area contributed by atoms with Gasteiger partial charge in [-0.05, 0) is 48.0 Å². The van der Waals surface area contributed by atoms with E-state index in [1.54, 1.807) is 12.1 Å². The molecule has 176 valence electrons. The topological polar surface area (TPSA) is 74.1 Å². The fourth-order valence-electron chi connectivity index (χ4n) is 5.04. The summed E-state index contributed by atoms with van der Waals surface area (Å²) in [5.41, 5.74) is 6.77. The maximum absolute atomic E-state index is 11.7. The Morgan fingerprint density at radius 2 is 1.41 bits per heavy atom. The number of benzene rings is 5. The molecule has 0 atom stereocenters. The van der Waals surface area contributed by atoms with Gasteiger partial charge in [0.2, 0.25) is 5.89 Å². The number of nitro groups is 1. The number of aromatic nitrogens is 2. The molecule has 0 fully saturated rings. The molecule has 7 aromatic rings. The normalized spacial score (nSPS) is 11.5. The van der Waals surface area contributed by atoms with Crippen molar-refractivity contribution < 1.29 is 9.34 Å². The Morgan fingerprint density at radius 3 is 2.19 bits per heavy atom. The van der Waals surface area contributed by atoms with Crippen LogP contribution in [0, 0.1) is 10.1 Å². The van der Waals surface area contributed by atoms with Crippen LogP contribution in [0.2, 0.25) is 0 Å². The molecule has 2 heterocycles. The minimum atomic E-state index is -0.337. The van der Waals surface area contributed by atoms with E-state index in [9.17, 15) is 10.1 Å². The Bertz CT molecular complexity index is 1950. The average Bonchev–Trinajstić information content (AvgIpc) is 3.50. The van der Waals surface area contributed by atoms with Crippen molar-refractivity contribution in [3.8, 4) is 28.3 Å². The highest BCUT2D eigenvalue weighted by Gasteiger charge is 2.19. The lowest BCUT2D eigenvalue weighted by atomic mass is 10.0. The zero-order valence-electron chi connectivity index (χ0n) is 19.5. The first kappa shape index (κ1) is 21.1. The number of hydrogen-bond acceptors (Lipinski definition) is 4. The molecule has 0 amide bonds. The van der Waals surface area contributed by atoms with Crippen molar-refractivity contribution in [2.45, 2.75) is 0 Å². The van der Waals surface area contributed by atoms with E-state index in [-0.39, 0.29) is 10.6 Å². The molecule has 5 aromatic carbocycles. The van der Waals surface area contributed by atoms with Gasteiger partial charge in [0.25, 0.3) is 5.69 Å². The molecule has 37 heavy (non-hydrogen) atoms. The molecule has 0 aliphatic carbocycles. The van der Waals surface area contributed by atoms with E-state index in [0.29, 0.717) is 17.0 Å². The van der Waals surface area contributed by atoms with Gasteiger partial charge in [-0.15, -0.1) is 0 Å². The molecule has 0 spiro atoms. The molecule has 0 unspecified atom stereocenters. The highest BCUT2D eigenvalue weighted by molar-refractivity contribution is 6.13. The van der Waals surface area contributed by atoms with E-state index in [2.05, 4.69) is 22.8 Å². The van der Waals surface area contributed by atoms with Gasteiger partial charge in [-0.3, -0.25) is 10.1 Å². The number of nitrogens with zero attached hydrogens (tertiary/aromatic N) is 3. The van der Waals surface area contributed by atoms with Crippen LogP contribution in [0.5, 0.6) is 0 Å². The lowest BCUT2D eigenvalue weighted by Gasteiger charge is -2.09. The Balaban J connectivity index is 1.52. The van der Waals surface area contributed by atoms with Crippen molar-refractivity contribution >= 4 is 38.6 Å². The van der Waals surface area contributed by atoms with E-state index in [0.717, 1.165) is 44.1 Å². The predicted molar refractivity (Wildman–Crippen MR) is 146 cm³/mol. The third kappa shape index (κ3) is 3.38. The zero-order valence-corrected chi connectivity index (χ0v) is 19.5. The summed E-state index contributed by atoms with van der Waals surface area (Å²) in [5.74, 6) is 0.581. The minimum absolute atomic E-state index is 0.0828. The highest BCUT2D eigenvalue weighted by Crippen LogP contribution is 2.39. The lowest BCUT2D eigenvalue weighted by molar-refractivity contribution is -0.384. The second-order valence-corrected chi connectivity index (χ2v) is 8.90. The summed E-state index contributed by atoms with van der Waals surface area (Å²) in [6, 6.07) is 36.9. The first-order valence-electron chi connectivity index (χ1n) is 11.9. The molecule has 0 aliphatic rings. The van der Waals surface area contributed by atoms with Gasteiger partial charge in [-0.25, -0.2) is 4.98 Å². The third-order valence-electron chi connectivity index (χ3n) is 6.72. The Kier molecular flexibility index (Phi) is 4.66. The summed E-state index contributed by atoms with van der Waals surface area (Å²) in [6.45, 7) is 0. The second kappa shape index (κ2) is 8.17. The van der Waals surface area contributed by atoms with Crippen LogP contribution in [0.1, 0.15) is 0 Å². The van der Waals surface area contributed by atoms with E-state index >= 15 is 0 Å². The van der Waals surface area contributed by atoms with Crippen molar-refractivity contribution in [2.75, 3.05) is 0 Å². The van der Waals surface area contributed by atoms with Crippen molar-refractivity contribution in [3.05, 3.63) is 125 Å². The minimum Gasteiger partial charge on any atom is -0.436 e. The average molecular weight is 482 g/mol. The third-order valence-corrected chi connectivity index (χ3v) is 6.72. The summed E-state index contributed by atoms with van der Waals surface area (Å²) in [7, 11) is 0. The number of oxazole rings is 1. The molecule has 0 N–H and O–H groups in total. The molecule has 0 aliphatic heterocycles. The van der Waals surface area contributed by atoms with Crippen LogP contribution in [0.4, 0.5) is 5.69 Å². The molecular weight excluding hydrogens is 462 g/mol. The first-order chi connectivity index (χ1) is 18.2. The molecule has 0 bridgehead atoms. The SMILES string of the molecule is O=[N+]([O-])c1ccccc1-c1ccc2c3cc4nc(-c5ccccc5)oc4cc3n(-c3ccccc3)c2c1. The largest absolute Gasteiger partial charge is 0.436 e. The Hall–Kier alpha value is -5.23. The van der Waals surface area contributed by atoms with Gasteiger partial charge >= 0.3 is 0 Å². The Morgan fingerprint density at radius 1 is 0.703 bits per heavy atom. The smallest absolute Gasteiger partial charge is 0.277 e. The van der Waals surface area contributed by atoms with Crippen LogP contribution in [0.25, 0.3) is 61.2 Å². The molecule has 6 heteroatoms. The van der Waals surface area contributed by atoms with Crippen molar-refractivity contribution in [1.82, 2.24) is 9.55 Å². The number of nitro benzene ring substituents is 1. The number of fused-ring (bicyclic) bond motifs is 4. The van der Waals surface area contributed by atoms with Crippen molar-refractivity contribution in [2.24, 2.45) is 0 Å². The summed E-state index contributed by atoms with van der Waals surface area (Å²) < 4.78 is 8.36. The monoisotopic (exact) mass is 481 g/mol. The van der Waals surface area contributed by atoms with Gasteiger partial charge in [-0.1, -0.05) is 60.7 Å². The van der Waals surface area contributed by atoms with Crippen LogP contribution < -0.4 is 0 Å². The van der Waals surface area contributed by atoms with E-state index < -0.39 is 0 Å². The van der Waals surface area contributed by atoms with Gasteiger partial charge in [0, 0.05) is 34.2 Å². The number of para-hydroxylation sites is 2.